The second-order valence-corrected chi connectivity index (χ2v) is 14.8. The molecule has 0 aromatic carbocycles. The van der Waals surface area contributed by atoms with Crippen LogP contribution in [0.5, 0.6) is 0 Å². The number of hydrogen-bond donors (Lipinski definition) is 0. The Morgan fingerprint density at radius 1 is 0.889 bits per heavy atom. The first-order valence-corrected chi connectivity index (χ1v) is 10.6. The molecule has 0 nitrogen and oxygen atoms in total. The Morgan fingerprint density at radius 3 is 1.72 bits per heavy atom. The third-order valence-corrected chi connectivity index (χ3v) is 11.5. The fraction of sp³-hybridized carbons (Fsp3) is 1.00. The van der Waals surface area contributed by atoms with Crippen molar-refractivity contribution in [2.45, 2.75) is 80.9 Å². The summed E-state index contributed by atoms with van der Waals surface area (Å²) in [5, 5.41) is 1.09. The Morgan fingerprint density at radius 2 is 1.33 bits per heavy atom. The molecule has 3 heteroatoms. The van der Waals surface area contributed by atoms with Crippen molar-refractivity contribution in [3.05, 3.63) is 0 Å². The van der Waals surface area contributed by atoms with Gasteiger partial charge in [-0.15, -0.1) is 23.5 Å². The summed E-state index contributed by atoms with van der Waals surface area (Å²) in [6.45, 7) is 15.1. The van der Waals surface area contributed by atoms with Crippen LogP contribution < -0.4 is 0 Å². The van der Waals surface area contributed by atoms with Crippen molar-refractivity contribution in [1.29, 1.82) is 0 Å². The molecule has 2 aliphatic rings. The van der Waals surface area contributed by atoms with Crippen LogP contribution >= 0.6 is 31.4 Å². The molecule has 0 aromatic heterocycles. The lowest BCUT2D eigenvalue weighted by Crippen LogP contribution is -2.49. The molecular formula is C15H29PS2. The second-order valence-electron chi connectivity index (χ2n) is 7.40. The minimum atomic E-state index is 0.105. The smallest absolute Gasteiger partial charge is 0.0628 e. The summed E-state index contributed by atoms with van der Waals surface area (Å²) in [6, 6.07) is 0. The van der Waals surface area contributed by atoms with Crippen molar-refractivity contribution in [3.8, 4) is 0 Å². The first kappa shape index (κ1) is 15.5. The minimum Gasteiger partial charge on any atom is -0.144 e. The molecule has 0 aromatic rings. The average molecular weight is 305 g/mol. The van der Waals surface area contributed by atoms with E-state index in [2.05, 4.69) is 65.1 Å². The summed E-state index contributed by atoms with van der Waals surface area (Å²) in [4.78, 5) is 0. The Hall–Kier alpha value is 1.13. The number of hydrogen-bond acceptors (Lipinski definition) is 2. The fourth-order valence-corrected chi connectivity index (χ4v) is 14.5. The average Bonchev–Trinajstić information content (AvgIpc) is 2.12. The van der Waals surface area contributed by atoms with E-state index in [1.807, 2.05) is 0 Å². The standard InChI is InChI=1S/C15H29PS2/c1-12(2)16-13(3,4)10-15(11-14(16,5)6)17-8-7-9-18-15/h12H,7-11H2,1-6H3. The highest BCUT2D eigenvalue weighted by molar-refractivity contribution is 8.18. The lowest BCUT2D eigenvalue weighted by atomic mass is 9.96. The van der Waals surface area contributed by atoms with Gasteiger partial charge >= 0.3 is 0 Å². The van der Waals surface area contributed by atoms with Crippen LogP contribution in [0.2, 0.25) is 0 Å². The molecule has 1 spiro atoms. The summed E-state index contributed by atoms with van der Waals surface area (Å²) >= 11 is 4.56. The van der Waals surface area contributed by atoms with Gasteiger partial charge in [0.1, 0.15) is 0 Å². The summed E-state index contributed by atoms with van der Waals surface area (Å²) in [5.74, 6) is 2.78. The maximum Gasteiger partial charge on any atom is 0.0628 e. The zero-order valence-corrected chi connectivity index (χ0v) is 15.4. The maximum atomic E-state index is 2.55. The molecule has 18 heavy (non-hydrogen) atoms. The lowest BCUT2D eigenvalue weighted by molar-refractivity contribution is 0.449. The topological polar surface area (TPSA) is 0 Å². The highest BCUT2D eigenvalue weighted by atomic mass is 32.2. The highest BCUT2D eigenvalue weighted by Gasteiger charge is 2.54. The normalized spacial score (nSPS) is 30.8. The molecule has 2 heterocycles. The fourth-order valence-electron chi connectivity index (χ4n) is 4.59. The van der Waals surface area contributed by atoms with Crippen LogP contribution in [-0.2, 0) is 0 Å². The summed E-state index contributed by atoms with van der Waals surface area (Å²) in [7, 11) is 0.105. The predicted octanol–water partition coefficient (Wildman–Crippen LogP) is 5.79. The van der Waals surface area contributed by atoms with E-state index >= 15 is 0 Å². The van der Waals surface area contributed by atoms with Gasteiger partial charge < -0.3 is 0 Å². The zero-order chi connectivity index (χ0) is 13.6. The number of rotatable bonds is 1. The summed E-state index contributed by atoms with van der Waals surface area (Å²) in [5.41, 5.74) is 0.862. The molecular weight excluding hydrogens is 275 g/mol. The molecule has 0 radical (unpaired) electrons. The first-order chi connectivity index (χ1) is 8.19. The molecule has 2 saturated heterocycles. The van der Waals surface area contributed by atoms with Gasteiger partial charge in [0.2, 0.25) is 0 Å². The van der Waals surface area contributed by atoms with E-state index in [0.717, 1.165) is 5.66 Å². The van der Waals surface area contributed by atoms with Gasteiger partial charge in [0.25, 0.3) is 0 Å². The highest BCUT2D eigenvalue weighted by Crippen LogP contribution is 2.73. The molecule has 0 aliphatic carbocycles. The second kappa shape index (κ2) is 5.15. The molecule has 2 fully saturated rings. The van der Waals surface area contributed by atoms with Gasteiger partial charge in [-0.1, -0.05) is 49.5 Å². The molecule has 0 N–H and O–H groups in total. The van der Waals surface area contributed by atoms with Crippen LogP contribution in [0.4, 0.5) is 0 Å². The quantitative estimate of drug-likeness (QED) is 0.562. The molecule has 0 amide bonds. The van der Waals surface area contributed by atoms with Gasteiger partial charge in [0, 0.05) is 0 Å². The molecule has 0 saturated carbocycles. The van der Waals surface area contributed by atoms with Crippen molar-refractivity contribution in [3.63, 3.8) is 0 Å². The van der Waals surface area contributed by atoms with Crippen LogP contribution in [-0.4, -0.2) is 31.6 Å². The van der Waals surface area contributed by atoms with Crippen LogP contribution in [0.15, 0.2) is 0 Å². The number of thioether (sulfide) groups is 2. The third-order valence-electron chi connectivity index (χ3n) is 4.24. The van der Waals surface area contributed by atoms with E-state index in [0.29, 0.717) is 14.4 Å². The Kier molecular flexibility index (Phi) is 4.44. The zero-order valence-electron chi connectivity index (χ0n) is 12.9. The van der Waals surface area contributed by atoms with Gasteiger partial charge in [-0.05, 0) is 46.7 Å². The molecule has 2 rings (SSSR count). The van der Waals surface area contributed by atoms with Gasteiger partial charge in [-0.2, -0.15) is 0 Å². The van der Waals surface area contributed by atoms with Crippen LogP contribution in [0.3, 0.4) is 0 Å². The van der Waals surface area contributed by atoms with Crippen molar-refractivity contribution < 1.29 is 0 Å². The van der Waals surface area contributed by atoms with E-state index in [4.69, 9.17) is 0 Å². The Labute approximate surface area is 124 Å². The Bertz CT molecular complexity index is 284. The Balaban J connectivity index is 2.29. The maximum absolute atomic E-state index is 2.55. The van der Waals surface area contributed by atoms with Crippen LogP contribution in [0.25, 0.3) is 0 Å². The molecule has 0 atom stereocenters. The molecule has 106 valence electrons. The largest absolute Gasteiger partial charge is 0.144 e. The van der Waals surface area contributed by atoms with Gasteiger partial charge in [-0.3, -0.25) is 0 Å². The van der Waals surface area contributed by atoms with Gasteiger partial charge in [0.05, 0.1) is 4.08 Å². The van der Waals surface area contributed by atoms with E-state index < -0.39 is 0 Å². The first-order valence-electron chi connectivity index (χ1n) is 7.26. The monoisotopic (exact) mass is 304 g/mol. The third kappa shape index (κ3) is 2.91. The van der Waals surface area contributed by atoms with E-state index in [1.54, 1.807) is 0 Å². The van der Waals surface area contributed by atoms with Gasteiger partial charge in [-0.25, -0.2) is 0 Å². The van der Waals surface area contributed by atoms with Crippen molar-refractivity contribution in [1.82, 2.24) is 0 Å². The predicted molar refractivity (Wildman–Crippen MR) is 91.7 cm³/mol. The van der Waals surface area contributed by atoms with Gasteiger partial charge in [0.15, 0.2) is 0 Å². The molecule has 2 aliphatic heterocycles. The van der Waals surface area contributed by atoms with Crippen LogP contribution in [0, 0.1) is 0 Å². The van der Waals surface area contributed by atoms with E-state index in [9.17, 15) is 0 Å². The molecule has 0 unspecified atom stereocenters. The van der Waals surface area contributed by atoms with Crippen LogP contribution in [0.1, 0.15) is 60.8 Å². The lowest BCUT2D eigenvalue weighted by Gasteiger charge is -2.59. The minimum absolute atomic E-state index is 0.105. The van der Waals surface area contributed by atoms with E-state index in [1.165, 1.54) is 30.8 Å². The van der Waals surface area contributed by atoms with Crippen molar-refractivity contribution in [2.24, 2.45) is 0 Å². The summed E-state index contributed by atoms with van der Waals surface area (Å²) < 4.78 is 0.541. The van der Waals surface area contributed by atoms with E-state index in [-0.39, 0.29) is 7.92 Å². The SMILES string of the molecule is CC(C)P1C(C)(C)CC2(CC1(C)C)SCCCS2. The van der Waals surface area contributed by atoms with Crippen molar-refractivity contribution in [2.75, 3.05) is 11.5 Å². The molecule has 0 bridgehead atoms. The van der Waals surface area contributed by atoms with Crippen molar-refractivity contribution >= 4 is 31.4 Å². The summed E-state index contributed by atoms with van der Waals surface area (Å²) in [6.07, 6.45) is 4.28.